The van der Waals surface area contributed by atoms with Crippen molar-refractivity contribution in [2.45, 2.75) is 26.7 Å². The van der Waals surface area contributed by atoms with Crippen molar-refractivity contribution >= 4 is 0 Å². The van der Waals surface area contributed by atoms with Gasteiger partial charge in [0.25, 0.3) is 0 Å². The second-order valence-electron chi connectivity index (χ2n) is 6.85. The van der Waals surface area contributed by atoms with E-state index in [4.69, 9.17) is 14.2 Å². The number of fused-ring (bicyclic) bond motifs is 1. The Bertz CT molecular complexity index is 784. The Balaban J connectivity index is 1.72. The molecule has 140 valence electrons. The quantitative estimate of drug-likeness (QED) is 0.729. The second kappa shape index (κ2) is 7.23. The summed E-state index contributed by atoms with van der Waals surface area (Å²) < 4.78 is 15.8. The van der Waals surface area contributed by atoms with E-state index in [1.54, 1.807) is 12.1 Å². The standard InChI is InChI=1S/C20H24O6/c1-11(4-13-6-18(24-3)17(23)8-15(13)21)12(2)5-14-7-19-20(9-16(14)22)26-10-25-19/h6-9,11-12,21-23H,4-5,10H2,1-3H3/t11-,12+/m0/s1. The molecule has 0 unspecified atom stereocenters. The third-order valence-electron chi connectivity index (χ3n) is 5.01. The summed E-state index contributed by atoms with van der Waals surface area (Å²) in [5.41, 5.74) is 1.52. The minimum absolute atomic E-state index is 0.0493. The lowest BCUT2D eigenvalue weighted by Gasteiger charge is -2.21. The van der Waals surface area contributed by atoms with E-state index >= 15 is 0 Å². The van der Waals surface area contributed by atoms with Crippen LogP contribution in [0.5, 0.6) is 34.5 Å². The van der Waals surface area contributed by atoms with Crippen LogP contribution in [0, 0.1) is 11.8 Å². The monoisotopic (exact) mass is 360 g/mol. The molecule has 0 radical (unpaired) electrons. The largest absolute Gasteiger partial charge is 0.508 e. The molecule has 0 bridgehead atoms. The Labute approximate surface area is 152 Å². The van der Waals surface area contributed by atoms with Crippen LogP contribution in [0.25, 0.3) is 0 Å². The van der Waals surface area contributed by atoms with E-state index in [-0.39, 0.29) is 35.9 Å². The molecule has 2 atom stereocenters. The molecule has 0 fully saturated rings. The fourth-order valence-corrected chi connectivity index (χ4v) is 3.16. The first-order valence-corrected chi connectivity index (χ1v) is 8.59. The highest BCUT2D eigenvalue weighted by atomic mass is 16.7. The van der Waals surface area contributed by atoms with Gasteiger partial charge < -0.3 is 29.5 Å². The Morgan fingerprint density at radius 1 is 0.846 bits per heavy atom. The summed E-state index contributed by atoms with van der Waals surface area (Å²) >= 11 is 0. The first-order chi connectivity index (χ1) is 12.4. The molecule has 0 amide bonds. The zero-order valence-corrected chi connectivity index (χ0v) is 15.2. The number of hydrogen-bond acceptors (Lipinski definition) is 6. The number of hydrogen-bond donors (Lipinski definition) is 3. The fraction of sp³-hybridized carbons (Fsp3) is 0.400. The van der Waals surface area contributed by atoms with Crippen LogP contribution >= 0.6 is 0 Å². The maximum absolute atomic E-state index is 10.2. The predicted molar refractivity (Wildman–Crippen MR) is 96.3 cm³/mol. The molecular weight excluding hydrogens is 336 g/mol. The number of rotatable bonds is 6. The maximum atomic E-state index is 10.2. The molecule has 1 aliphatic heterocycles. The number of phenols is 3. The molecule has 0 saturated heterocycles. The number of benzene rings is 2. The van der Waals surface area contributed by atoms with Gasteiger partial charge >= 0.3 is 0 Å². The summed E-state index contributed by atoms with van der Waals surface area (Å²) in [6, 6.07) is 6.37. The molecule has 6 heteroatoms. The van der Waals surface area contributed by atoms with Gasteiger partial charge in [-0.05, 0) is 47.9 Å². The summed E-state index contributed by atoms with van der Waals surface area (Å²) in [4.78, 5) is 0. The van der Waals surface area contributed by atoms with Gasteiger partial charge in [0.05, 0.1) is 7.11 Å². The van der Waals surface area contributed by atoms with Crippen LogP contribution < -0.4 is 14.2 Å². The van der Waals surface area contributed by atoms with Crippen LogP contribution in [0.3, 0.4) is 0 Å². The summed E-state index contributed by atoms with van der Waals surface area (Å²) in [7, 11) is 1.48. The average Bonchev–Trinajstić information content (AvgIpc) is 3.04. The molecule has 2 aromatic carbocycles. The van der Waals surface area contributed by atoms with Crippen molar-refractivity contribution < 1.29 is 29.5 Å². The van der Waals surface area contributed by atoms with E-state index in [2.05, 4.69) is 13.8 Å². The van der Waals surface area contributed by atoms with Crippen LogP contribution in [-0.4, -0.2) is 29.2 Å². The summed E-state index contributed by atoms with van der Waals surface area (Å²) in [5.74, 6) is 2.17. The molecule has 2 aromatic rings. The first kappa shape index (κ1) is 18.0. The predicted octanol–water partition coefficient (Wildman–Crippen LogP) is 3.60. The highest BCUT2D eigenvalue weighted by molar-refractivity contribution is 5.51. The van der Waals surface area contributed by atoms with Gasteiger partial charge in [-0.15, -0.1) is 0 Å². The topological polar surface area (TPSA) is 88.4 Å². The zero-order valence-electron chi connectivity index (χ0n) is 15.2. The van der Waals surface area contributed by atoms with Crippen molar-refractivity contribution in [3.63, 3.8) is 0 Å². The molecule has 0 aliphatic carbocycles. The summed E-state index contributed by atoms with van der Waals surface area (Å²) in [6.45, 7) is 4.36. The smallest absolute Gasteiger partial charge is 0.231 e. The molecule has 1 heterocycles. The minimum Gasteiger partial charge on any atom is -0.508 e. The van der Waals surface area contributed by atoms with Gasteiger partial charge in [-0.25, -0.2) is 0 Å². The number of ether oxygens (including phenoxy) is 3. The van der Waals surface area contributed by atoms with E-state index in [1.165, 1.54) is 13.2 Å². The molecule has 0 aromatic heterocycles. The molecule has 3 N–H and O–H groups in total. The lowest BCUT2D eigenvalue weighted by atomic mass is 9.85. The maximum Gasteiger partial charge on any atom is 0.231 e. The van der Waals surface area contributed by atoms with Gasteiger partial charge in [-0.1, -0.05) is 13.8 Å². The van der Waals surface area contributed by atoms with Crippen molar-refractivity contribution in [3.05, 3.63) is 35.4 Å². The van der Waals surface area contributed by atoms with E-state index in [1.807, 2.05) is 6.07 Å². The van der Waals surface area contributed by atoms with Crippen LogP contribution in [0.4, 0.5) is 0 Å². The highest BCUT2D eigenvalue weighted by Gasteiger charge is 2.21. The van der Waals surface area contributed by atoms with E-state index in [0.717, 1.165) is 5.56 Å². The molecule has 1 aliphatic rings. The third-order valence-corrected chi connectivity index (χ3v) is 5.01. The van der Waals surface area contributed by atoms with Gasteiger partial charge in [0.15, 0.2) is 23.0 Å². The molecule has 6 nitrogen and oxygen atoms in total. The van der Waals surface area contributed by atoms with E-state index < -0.39 is 0 Å². The first-order valence-electron chi connectivity index (χ1n) is 8.59. The Hall–Kier alpha value is -2.76. The minimum atomic E-state index is -0.0836. The molecular formula is C20H24O6. The number of phenolic OH excluding ortho intramolecular Hbond substituents is 3. The Morgan fingerprint density at radius 3 is 2.00 bits per heavy atom. The SMILES string of the molecule is COc1cc(C[C@H](C)[C@H](C)Cc2cc3c(cc2O)OCO3)c(O)cc1O. The van der Waals surface area contributed by atoms with Crippen molar-refractivity contribution in [3.8, 4) is 34.5 Å². The second-order valence-corrected chi connectivity index (χ2v) is 6.85. The van der Waals surface area contributed by atoms with Crippen molar-refractivity contribution in [1.82, 2.24) is 0 Å². The van der Waals surface area contributed by atoms with Crippen molar-refractivity contribution in [2.75, 3.05) is 13.9 Å². The summed E-state index contributed by atoms with van der Waals surface area (Å²) in [6.07, 6.45) is 1.29. The van der Waals surface area contributed by atoms with Gasteiger partial charge in [-0.2, -0.15) is 0 Å². The van der Waals surface area contributed by atoms with Gasteiger partial charge in [-0.3, -0.25) is 0 Å². The van der Waals surface area contributed by atoms with Gasteiger partial charge in [0.2, 0.25) is 6.79 Å². The molecule has 0 spiro atoms. The van der Waals surface area contributed by atoms with Crippen molar-refractivity contribution in [2.24, 2.45) is 11.8 Å². The fourth-order valence-electron chi connectivity index (χ4n) is 3.16. The summed E-state index contributed by atoms with van der Waals surface area (Å²) in [5, 5.41) is 30.0. The molecule has 3 rings (SSSR count). The number of aromatic hydroxyl groups is 3. The Kier molecular flexibility index (Phi) is 5.02. The lowest BCUT2D eigenvalue weighted by Crippen LogP contribution is -2.14. The number of methoxy groups -OCH3 is 1. The Morgan fingerprint density at radius 2 is 1.38 bits per heavy atom. The van der Waals surface area contributed by atoms with E-state index in [9.17, 15) is 15.3 Å². The van der Waals surface area contributed by atoms with Gasteiger partial charge in [0, 0.05) is 12.1 Å². The van der Waals surface area contributed by atoms with Crippen LogP contribution in [0.15, 0.2) is 24.3 Å². The van der Waals surface area contributed by atoms with E-state index in [0.29, 0.717) is 35.7 Å². The van der Waals surface area contributed by atoms with Crippen LogP contribution in [0.1, 0.15) is 25.0 Å². The molecule has 0 saturated carbocycles. The van der Waals surface area contributed by atoms with Crippen LogP contribution in [-0.2, 0) is 12.8 Å². The highest BCUT2D eigenvalue weighted by Crippen LogP contribution is 2.40. The lowest BCUT2D eigenvalue weighted by molar-refractivity contribution is 0.174. The van der Waals surface area contributed by atoms with Crippen LogP contribution in [0.2, 0.25) is 0 Å². The van der Waals surface area contributed by atoms with Crippen molar-refractivity contribution in [1.29, 1.82) is 0 Å². The zero-order chi connectivity index (χ0) is 18.8. The normalized spacial score (nSPS) is 14.9. The van der Waals surface area contributed by atoms with Gasteiger partial charge in [0.1, 0.15) is 11.5 Å². The average molecular weight is 360 g/mol. The molecule has 26 heavy (non-hydrogen) atoms. The third kappa shape index (κ3) is 3.59.